The maximum absolute atomic E-state index is 10.7. The van der Waals surface area contributed by atoms with Gasteiger partial charge in [0, 0.05) is 10.0 Å². The molecule has 2 rings (SSSR count). The second kappa shape index (κ2) is 7.84. The van der Waals surface area contributed by atoms with Gasteiger partial charge in [-0.1, -0.05) is 60.8 Å². The number of aliphatic hydroxyl groups excluding tert-OH is 1. The molecule has 21 heavy (non-hydrogen) atoms. The van der Waals surface area contributed by atoms with Crippen LogP contribution in [0.4, 0.5) is 0 Å². The molecule has 112 valence electrons. The zero-order valence-electron chi connectivity index (χ0n) is 12.1. The van der Waals surface area contributed by atoms with E-state index in [-0.39, 0.29) is 5.92 Å². The molecule has 0 spiro atoms. The van der Waals surface area contributed by atoms with Crippen molar-refractivity contribution in [3.63, 3.8) is 0 Å². The number of benzene rings is 2. The third-order valence-corrected chi connectivity index (χ3v) is 4.19. The van der Waals surface area contributed by atoms with E-state index in [4.69, 9.17) is 23.2 Å². The monoisotopic (exact) mass is 322 g/mol. The van der Waals surface area contributed by atoms with Crippen LogP contribution >= 0.6 is 23.2 Å². The van der Waals surface area contributed by atoms with Gasteiger partial charge in [0.05, 0.1) is 6.10 Å². The molecule has 1 nitrogen and oxygen atoms in total. The van der Waals surface area contributed by atoms with Crippen molar-refractivity contribution in [2.45, 2.75) is 32.3 Å². The first-order valence-corrected chi connectivity index (χ1v) is 8.03. The first kappa shape index (κ1) is 16.4. The van der Waals surface area contributed by atoms with E-state index in [1.54, 1.807) is 0 Å². The Morgan fingerprint density at radius 1 is 1.00 bits per heavy atom. The van der Waals surface area contributed by atoms with Crippen molar-refractivity contribution in [2.24, 2.45) is 5.92 Å². The molecule has 0 saturated carbocycles. The summed E-state index contributed by atoms with van der Waals surface area (Å²) >= 11 is 11.9. The normalized spacial score (nSPS) is 13.9. The predicted molar refractivity (Wildman–Crippen MR) is 90.0 cm³/mol. The lowest BCUT2D eigenvalue weighted by molar-refractivity contribution is 0.102. The van der Waals surface area contributed by atoms with Gasteiger partial charge in [0.15, 0.2) is 0 Å². The van der Waals surface area contributed by atoms with E-state index in [2.05, 4.69) is 6.92 Å². The quantitative estimate of drug-likeness (QED) is 0.724. The van der Waals surface area contributed by atoms with Crippen LogP contribution in [0, 0.1) is 5.92 Å². The first-order valence-electron chi connectivity index (χ1n) is 7.28. The van der Waals surface area contributed by atoms with E-state index in [0.29, 0.717) is 5.02 Å². The molecule has 2 unspecified atom stereocenters. The van der Waals surface area contributed by atoms with E-state index in [1.165, 1.54) is 5.56 Å². The Bertz CT molecular complexity index is 566. The van der Waals surface area contributed by atoms with Gasteiger partial charge in [-0.05, 0) is 54.2 Å². The Morgan fingerprint density at radius 2 is 1.71 bits per heavy atom. The van der Waals surface area contributed by atoms with Crippen LogP contribution in [0.5, 0.6) is 0 Å². The molecule has 0 aromatic heterocycles. The molecule has 2 aromatic carbocycles. The van der Waals surface area contributed by atoms with Crippen LogP contribution in [0.3, 0.4) is 0 Å². The molecule has 3 heteroatoms. The van der Waals surface area contributed by atoms with E-state index in [9.17, 15) is 5.11 Å². The Kier molecular flexibility index (Phi) is 6.10. The largest absolute Gasteiger partial charge is 0.388 e. The van der Waals surface area contributed by atoms with Gasteiger partial charge >= 0.3 is 0 Å². The molecule has 2 atom stereocenters. The number of hydrogen-bond acceptors (Lipinski definition) is 1. The summed E-state index contributed by atoms with van der Waals surface area (Å²) in [5.74, 6) is 0.176. The zero-order valence-corrected chi connectivity index (χ0v) is 13.6. The molecule has 1 N–H and O–H groups in total. The molecule has 0 heterocycles. The lowest BCUT2D eigenvalue weighted by atomic mass is 9.86. The lowest BCUT2D eigenvalue weighted by Crippen LogP contribution is -2.15. The van der Waals surface area contributed by atoms with E-state index >= 15 is 0 Å². The van der Waals surface area contributed by atoms with Crippen molar-refractivity contribution < 1.29 is 5.11 Å². The standard InChI is InChI=1S/C18H20Cl2O/c1-2-4-14(11-13-7-9-16(19)10-8-13)18(21)15-5-3-6-17(20)12-15/h3,5-10,12,14,18,21H,2,4,11H2,1H3. The van der Waals surface area contributed by atoms with Gasteiger partial charge < -0.3 is 5.11 Å². The summed E-state index contributed by atoms with van der Waals surface area (Å²) in [5, 5.41) is 12.1. The van der Waals surface area contributed by atoms with Gasteiger partial charge in [0.1, 0.15) is 0 Å². The molecule has 0 aliphatic heterocycles. The van der Waals surface area contributed by atoms with Crippen LogP contribution in [-0.2, 0) is 6.42 Å². The second-order valence-electron chi connectivity index (χ2n) is 5.38. The van der Waals surface area contributed by atoms with Crippen LogP contribution in [0.25, 0.3) is 0 Å². The summed E-state index contributed by atoms with van der Waals surface area (Å²) in [6.45, 7) is 2.14. The topological polar surface area (TPSA) is 20.2 Å². The average molecular weight is 323 g/mol. The zero-order chi connectivity index (χ0) is 15.2. The first-order chi connectivity index (χ1) is 10.1. The van der Waals surface area contributed by atoms with Gasteiger partial charge in [0.2, 0.25) is 0 Å². The Hall–Kier alpha value is -1.02. The van der Waals surface area contributed by atoms with E-state index < -0.39 is 6.10 Å². The minimum absolute atomic E-state index is 0.176. The van der Waals surface area contributed by atoms with Gasteiger partial charge in [-0.2, -0.15) is 0 Å². The summed E-state index contributed by atoms with van der Waals surface area (Å²) in [5.41, 5.74) is 2.08. The minimum atomic E-state index is -0.501. The Morgan fingerprint density at radius 3 is 2.33 bits per heavy atom. The van der Waals surface area contributed by atoms with Crippen molar-refractivity contribution in [1.29, 1.82) is 0 Å². The highest BCUT2D eigenvalue weighted by atomic mass is 35.5. The van der Waals surface area contributed by atoms with Gasteiger partial charge in [-0.25, -0.2) is 0 Å². The average Bonchev–Trinajstić information content (AvgIpc) is 2.48. The highest BCUT2D eigenvalue weighted by molar-refractivity contribution is 6.30. The van der Waals surface area contributed by atoms with Gasteiger partial charge in [-0.15, -0.1) is 0 Å². The summed E-state index contributed by atoms with van der Waals surface area (Å²) in [6.07, 6.45) is 2.34. The number of rotatable bonds is 6. The smallest absolute Gasteiger partial charge is 0.0821 e. The fourth-order valence-electron chi connectivity index (χ4n) is 2.63. The third-order valence-electron chi connectivity index (χ3n) is 3.71. The number of halogens is 2. The van der Waals surface area contributed by atoms with E-state index in [1.807, 2.05) is 48.5 Å². The highest BCUT2D eigenvalue weighted by Crippen LogP contribution is 2.30. The molecular formula is C18H20Cl2O. The maximum Gasteiger partial charge on any atom is 0.0821 e. The van der Waals surface area contributed by atoms with Crippen LogP contribution in [0.2, 0.25) is 10.0 Å². The van der Waals surface area contributed by atoms with Crippen molar-refractivity contribution >= 4 is 23.2 Å². The summed E-state index contributed by atoms with van der Waals surface area (Å²) in [4.78, 5) is 0. The molecule has 0 bridgehead atoms. The lowest BCUT2D eigenvalue weighted by Gasteiger charge is -2.23. The van der Waals surface area contributed by atoms with Crippen molar-refractivity contribution in [2.75, 3.05) is 0 Å². The number of aliphatic hydroxyl groups is 1. The molecule has 0 amide bonds. The molecule has 0 saturated heterocycles. The summed E-state index contributed by atoms with van der Waals surface area (Å²) in [6, 6.07) is 15.3. The maximum atomic E-state index is 10.7. The minimum Gasteiger partial charge on any atom is -0.388 e. The van der Waals surface area contributed by atoms with Crippen LogP contribution < -0.4 is 0 Å². The van der Waals surface area contributed by atoms with Crippen LogP contribution in [-0.4, -0.2) is 5.11 Å². The summed E-state index contributed by atoms with van der Waals surface area (Å²) < 4.78 is 0. The predicted octanol–water partition coefficient (Wildman–Crippen LogP) is 5.69. The van der Waals surface area contributed by atoms with Gasteiger partial charge in [0.25, 0.3) is 0 Å². The van der Waals surface area contributed by atoms with Crippen molar-refractivity contribution in [3.8, 4) is 0 Å². The Labute approximate surface area is 136 Å². The van der Waals surface area contributed by atoms with Crippen LogP contribution in [0.1, 0.15) is 37.0 Å². The molecular weight excluding hydrogens is 303 g/mol. The third kappa shape index (κ3) is 4.74. The SMILES string of the molecule is CCCC(Cc1ccc(Cl)cc1)C(O)c1cccc(Cl)c1. The molecule has 0 aliphatic rings. The molecule has 0 fully saturated rings. The fraction of sp³-hybridized carbons (Fsp3) is 0.333. The number of hydrogen-bond donors (Lipinski definition) is 1. The summed E-state index contributed by atoms with van der Waals surface area (Å²) in [7, 11) is 0. The Balaban J connectivity index is 2.15. The highest BCUT2D eigenvalue weighted by Gasteiger charge is 2.20. The second-order valence-corrected chi connectivity index (χ2v) is 6.25. The molecule has 2 aromatic rings. The molecule has 0 aliphatic carbocycles. The fourth-order valence-corrected chi connectivity index (χ4v) is 2.95. The van der Waals surface area contributed by atoms with Crippen molar-refractivity contribution in [3.05, 3.63) is 69.7 Å². The van der Waals surface area contributed by atoms with E-state index in [0.717, 1.165) is 29.8 Å². The van der Waals surface area contributed by atoms with Crippen LogP contribution in [0.15, 0.2) is 48.5 Å². The van der Waals surface area contributed by atoms with Gasteiger partial charge in [-0.3, -0.25) is 0 Å². The van der Waals surface area contributed by atoms with Crippen molar-refractivity contribution in [1.82, 2.24) is 0 Å². The molecule has 0 radical (unpaired) electrons.